The van der Waals surface area contributed by atoms with Crippen molar-refractivity contribution in [3.05, 3.63) is 67.2 Å². The third kappa shape index (κ3) is 4.50. The summed E-state index contributed by atoms with van der Waals surface area (Å²) in [6.07, 6.45) is 4.02. The van der Waals surface area contributed by atoms with Gasteiger partial charge in [-0.15, -0.1) is 0 Å². The molecule has 29 heavy (non-hydrogen) atoms. The summed E-state index contributed by atoms with van der Waals surface area (Å²) < 4.78 is 10.3. The lowest BCUT2D eigenvalue weighted by atomic mass is 9.68. The number of hydrogen-bond acceptors (Lipinski definition) is 7. The molecule has 0 spiro atoms. The number of carbonyl (C=O) groups is 1. The molecule has 0 bridgehead atoms. The van der Waals surface area contributed by atoms with E-state index in [9.17, 15) is 25.0 Å². The number of ketones is 1. The first kappa shape index (κ1) is 20.2. The molecular weight excluding hydrogens is 380 g/mol. The Morgan fingerprint density at radius 3 is 1.62 bits per heavy atom. The first-order chi connectivity index (χ1) is 13.5. The lowest BCUT2D eigenvalue weighted by Gasteiger charge is -2.35. The van der Waals surface area contributed by atoms with E-state index >= 15 is 0 Å². The van der Waals surface area contributed by atoms with E-state index in [0.29, 0.717) is 24.0 Å². The van der Waals surface area contributed by atoms with E-state index in [1.54, 1.807) is 0 Å². The van der Waals surface area contributed by atoms with Gasteiger partial charge in [-0.05, 0) is 48.5 Å². The van der Waals surface area contributed by atoms with Gasteiger partial charge < -0.3 is 8.83 Å². The maximum atomic E-state index is 13.0. The molecule has 1 saturated carbocycles. The zero-order valence-electron chi connectivity index (χ0n) is 16.2. The van der Waals surface area contributed by atoms with Crippen molar-refractivity contribution >= 4 is 29.7 Å². The van der Waals surface area contributed by atoms with Crippen LogP contribution in [0.1, 0.15) is 45.1 Å². The lowest BCUT2D eigenvalue weighted by Crippen LogP contribution is -2.29. The first-order valence-corrected chi connectivity index (χ1v) is 8.99. The summed E-state index contributed by atoms with van der Waals surface area (Å²) in [5.41, 5.74) is 0.823. The number of rotatable bonds is 4. The first-order valence-electron chi connectivity index (χ1n) is 8.99. The summed E-state index contributed by atoms with van der Waals surface area (Å²) in [5.74, 6) is -0.460. The number of Topliss-reactive ketones (excluding diaryl/α,β-unsaturated/α-hetero) is 1. The van der Waals surface area contributed by atoms with Crippen molar-refractivity contribution in [1.82, 2.24) is 0 Å². The second-order valence-corrected chi connectivity index (χ2v) is 8.01. The summed E-state index contributed by atoms with van der Waals surface area (Å²) in [6.45, 7) is 6.20. The molecule has 9 nitrogen and oxygen atoms in total. The Kier molecular flexibility index (Phi) is 5.23. The topological polar surface area (TPSA) is 130 Å². The van der Waals surface area contributed by atoms with Crippen LogP contribution in [0.4, 0.5) is 11.8 Å². The highest BCUT2D eigenvalue weighted by molar-refractivity contribution is 6.13. The van der Waals surface area contributed by atoms with Crippen LogP contribution < -0.4 is 0 Å². The van der Waals surface area contributed by atoms with Crippen LogP contribution in [0.25, 0.3) is 12.2 Å². The van der Waals surface area contributed by atoms with Crippen LogP contribution in [0, 0.1) is 31.6 Å². The molecule has 0 amide bonds. The van der Waals surface area contributed by atoms with Crippen LogP contribution in [-0.2, 0) is 4.79 Å². The normalized spacial score (nSPS) is 20.4. The van der Waals surface area contributed by atoms with Crippen LogP contribution in [0.2, 0.25) is 0 Å². The predicted octanol–water partition coefficient (Wildman–Crippen LogP) is 5.18. The molecule has 0 aromatic carbocycles. The summed E-state index contributed by atoms with van der Waals surface area (Å²) in [7, 11) is 0. The zero-order valence-corrected chi connectivity index (χ0v) is 16.2. The Hall–Kier alpha value is -3.49. The molecule has 2 aromatic heterocycles. The van der Waals surface area contributed by atoms with Crippen molar-refractivity contribution in [3.63, 3.8) is 0 Å². The molecule has 2 aromatic rings. The van der Waals surface area contributed by atoms with Gasteiger partial charge in [-0.3, -0.25) is 25.0 Å². The zero-order chi connectivity index (χ0) is 21.3. The molecule has 1 aliphatic carbocycles. The summed E-state index contributed by atoms with van der Waals surface area (Å²) in [5, 5.41) is 21.6. The van der Waals surface area contributed by atoms with Crippen LogP contribution in [0.15, 0.2) is 44.2 Å². The molecular formula is C20H20N2O7. The molecule has 0 radical (unpaired) electrons. The van der Waals surface area contributed by atoms with Crippen molar-refractivity contribution in [2.24, 2.45) is 11.3 Å². The van der Waals surface area contributed by atoms with Crippen molar-refractivity contribution in [3.8, 4) is 0 Å². The number of hydrogen-bond donors (Lipinski definition) is 0. The Labute approximate surface area is 166 Å². The fraction of sp³-hybridized carbons (Fsp3) is 0.350. The number of nitro groups is 2. The molecule has 0 saturated heterocycles. The van der Waals surface area contributed by atoms with Gasteiger partial charge in [0.15, 0.2) is 5.78 Å². The van der Waals surface area contributed by atoms with Gasteiger partial charge in [0.05, 0.1) is 12.1 Å². The minimum Gasteiger partial charge on any atom is -0.401 e. The Morgan fingerprint density at radius 1 is 0.897 bits per heavy atom. The lowest BCUT2D eigenvalue weighted by molar-refractivity contribution is -0.402. The van der Waals surface area contributed by atoms with Gasteiger partial charge in [0.25, 0.3) is 0 Å². The Morgan fingerprint density at radius 2 is 1.31 bits per heavy atom. The standard InChI is InChI=1S/C20H20N2O7/c1-20(2,3)14-8-12(10-15-4-6-17(28-15)21(24)25)19(23)13(9-14)11-16-5-7-18(29-16)22(26)27/h4-7,10-11,14H,8-9H2,1-3H3. The van der Waals surface area contributed by atoms with E-state index < -0.39 is 21.6 Å². The summed E-state index contributed by atoms with van der Waals surface area (Å²) in [4.78, 5) is 33.4. The molecule has 0 N–H and O–H groups in total. The van der Waals surface area contributed by atoms with Crippen LogP contribution in [-0.4, -0.2) is 15.6 Å². The molecule has 0 unspecified atom stereocenters. The Balaban J connectivity index is 1.98. The fourth-order valence-electron chi connectivity index (χ4n) is 3.24. The molecule has 3 rings (SSSR count). The van der Waals surface area contributed by atoms with Crippen molar-refractivity contribution < 1.29 is 23.5 Å². The van der Waals surface area contributed by atoms with Gasteiger partial charge >= 0.3 is 11.8 Å². The van der Waals surface area contributed by atoms with E-state index in [2.05, 4.69) is 20.8 Å². The van der Waals surface area contributed by atoms with Crippen LogP contribution in [0.5, 0.6) is 0 Å². The molecule has 1 aliphatic rings. The minimum atomic E-state index is -0.641. The third-order valence-corrected chi connectivity index (χ3v) is 4.96. The van der Waals surface area contributed by atoms with E-state index in [0.717, 1.165) is 0 Å². The highest BCUT2D eigenvalue weighted by Crippen LogP contribution is 2.42. The smallest absolute Gasteiger partial charge is 0.401 e. The maximum Gasteiger partial charge on any atom is 0.433 e. The van der Waals surface area contributed by atoms with E-state index in [-0.39, 0.29) is 28.6 Å². The van der Waals surface area contributed by atoms with E-state index in [4.69, 9.17) is 8.83 Å². The Bertz CT molecular complexity index is 959. The average Bonchev–Trinajstić information content (AvgIpc) is 3.27. The van der Waals surface area contributed by atoms with Crippen molar-refractivity contribution in [2.75, 3.05) is 0 Å². The van der Waals surface area contributed by atoms with Crippen molar-refractivity contribution in [2.45, 2.75) is 33.6 Å². The van der Waals surface area contributed by atoms with Gasteiger partial charge in [-0.25, -0.2) is 0 Å². The van der Waals surface area contributed by atoms with E-state index in [1.165, 1.54) is 36.4 Å². The summed E-state index contributed by atoms with van der Waals surface area (Å²) in [6, 6.07) is 5.36. The molecule has 1 fully saturated rings. The minimum absolute atomic E-state index is 0.108. The molecule has 9 heteroatoms. The van der Waals surface area contributed by atoms with Gasteiger partial charge in [-0.2, -0.15) is 0 Å². The number of furan rings is 2. The SMILES string of the molecule is CC(C)(C)C1CC(=Cc2ccc([N+](=O)[O-])o2)C(=O)C(=Cc2ccc([N+](=O)[O-])o2)C1. The average molecular weight is 400 g/mol. The molecule has 0 aliphatic heterocycles. The highest BCUT2D eigenvalue weighted by atomic mass is 16.7. The molecule has 152 valence electrons. The monoisotopic (exact) mass is 400 g/mol. The van der Waals surface area contributed by atoms with Crippen molar-refractivity contribution in [1.29, 1.82) is 0 Å². The van der Waals surface area contributed by atoms with Gasteiger partial charge in [0, 0.05) is 11.1 Å². The quantitative estimate of drug-likeness (QED) is 0.392. The highest BCUT2D eigenvalue weighted by Gasteiger charge is 2.35. The third-order valence-electron chi connectivity index (χ3n) is 4.96. The fourth-order valence-corrected chi connectivity index (χ4v) is 3.24. The van der Waals surface area contributed by atoms with E-state index in [1.807, 2.05) is 0 Å². The largest absolute Gasteiger partial charge is 0.433 e. The number of nitrogens with zero attached hydrogens (tertiary/aromatic N) is 2. The van der Waals surface area contributed by atoms with Crippen LogP contribution >= 0.6 is 0 Å². The number of carbonyl (C=O) groups excluding carboxylic acids is 1. The maximum absolute atomic E-state index is 13.0. The predicted molar refractivity (Wildman–Crippen MR) is 104 cm³/mol. The van der Waals surface area contributed by atoms with Gasteiger partial charge in [0.1, 0.15) is 21.4 Å². The van der Waals surface area contributed by atoms with Crippen LogP contribution in [0.3, 0.4) is 0 Å². The number of allylic oxidation sites excluding steroid dienone is 2. The molecule has 2 heterocycles. The second-order valence-electron chi connectivity index (χ2n) is 8.01. The second kappa shape index (κ2) is 7.50. The molecule has 0 atom stereocenters. The van der Waals surface area contributed by atoms with Gasteiger partial charge in [0.2, 0.25) is 0 Å². The summed E-state index contributed by atoms with van der Waals surface area (Å²) >= 11 is 0. The van der Waals surface area contributed by atoms with Gasteiger partial charge in [-0.1, -0.05) is 20.8 Å².